The van der Waals surface area contributed by atoms with E-state index in [4.69, 9.17) is 10.00 Å². The van der Waals surface area contributed by atoms with Crippen LogP contribution in [0.3, 0.4) is 0 Å². The molecule has 0 spiro atoms. The van der Waals surface area contributed by atoms with Crippen LogP contribution in [0.15, 0.2) is 24.3 Å². The second kappa shape index (κ2) is 6.32. The summed E-state index contributed by atoms with van der Waals surface area (Å²) >= 11 is 0. The highest BCUT2D eigenvalue weighted by Gasteiger charge is 2.39. The van der Waals surface area contributed by atoms with Crippen LogP contribution in [0.5, 0.6) is 5.75 Å². The van der Waals surface area contributed by atoms with E-state index in [2.05, 4.69) is 5.32 Å². The van der Waals surface area contributed by atoms with Gasteiger partial charge in [0, 0.05) is 12.2 Å². The molecule has 0 aliphatic rings. The van der Waals surface area contributed by atoms with Gasteiger partial charge in [-0.05, 0) is 38.1 Å². The summed E-state index contributed by atoms with van der Waals surface area (Å²) in [5, 5.41) is 11.0. The van der Waals surface area contributed by atoms with Crippen LogP contribution in [0, 0.1) is 17.2 Å². The highest BCUT2D eigenvalue weighted by molar-refractivity contribution is 5.46. The SMILES string of the molecule is CC(C)Oc1ccc(NCC(C#N)C(F)(F)F)cc1. The Kier molecular flexibility index (Phi) is 5.04. The van der Waals surface area contributed by atoms with Crippen molar-refractivity contribution in [1.82, 2.24) is 0 Å². The van der Waals surface area contributed by atoms with E-state index in [-0.39, 0.29) is 6.10 Å². The van der Waals surface area contributed by atoms with Gasteiger partial charge in [-0.3, -0.25) is 0 Å². The molecule has 104 valence electrons. The lowest BCUT2D eigenvalue weighted by molar-refractivity contribution is -0.155. The Balaban J connectivity index is 2.57. The quantitative estimate of drug-likeness (QED) is 0.891. The van der Waals surface area contributed by atoms with Crippen LogP contribution in [0.1, 0.15) is 13.8 Å². The number of rotatable bonds is 5. The van der Waals surface area contributed by atoms with Gasteiger partial charge in [0.05, 0.1) is 12.2 Å². The van der Waals surface area contributed by atoms with Crippen molar-refractivity contribution in [3.63, 3.8) is 0 Å². The third-order valence-corrected chi connectivity index (χ3v) is 2.29. The van der Waals surface area contributed by atoms with Gasteiger partial charge in [0.2, 0.25) is 0 Å². The Morgan fingerprint density at radius 1 is 1.26 bits per heavy atom. The fourth-order valence-corrected chi connectivity index (χ4v) is 1.38. The predicted octanol–water partition coefficient (Wildman–Crippen LogP) is 3.59. The molecule has 1 N–H and O–H groups in total. The molecule has 1 aromatic carbocycles. The van der Waals surface area contributed by atoms with Crippen molar-refractivity contribution in [3.05, 3.63) is 24.3 Å². The Labute approximate surface area is 110 Å². The number of nitrogens with one attached hydrogen (secondary N) is 1. The first-order valence-corrected chi connectivity index (χ1v) is 5.80. The van der Waals surface area contributed by atoms with Gasteiger partial charge < -0.3 is 10.1 Å². The molecule has 3 nitrogen and oxygen atoms in total. The predicted molar refractivity (Wildman–Crippen MR) is 65.9 cm³/mol. The lowest BCUT2D eigenvalue weighted by atomic mass is 10.1. The molecule has 0 aliphatic heterocycles. The number of nitriles is 1. The van der Waals surface area contributed by atoms with Crippen molar-refractivity contribution >= 4 is 5.69 Å². The van der Waals surface area contributed by atoms with Crippen LogP contribution in [0.25, 0.3) is 0 Å². The van der Waals surface area contributed by atoms with Crippen LogP contribution in [0.2, 0.25) is 0 Å². The highest BCUT2D eigenvalue weighted by atomic mass is 19.4. The molecule has 0 aliphatic carbocycles. The van der Waals surface area contributed by atoms with Crippen LogP contribution in [-0.2, 0) is 0 Å². The zero-order chi connectivity index (χ0) is 14.5. The van der Waals surface area contributed by atoms with Gasteiger partial charge in [-0.25, -0.2) is 0 Å². The van der Waals surface area contributed by atoms with Crippen molar-refractivity contribution in [3.8, 4) is 11.8 Å². The standard InChI is InChI=1S/C13H15F3N2O/c1-9(2)19-12-5-3-11(4-6-12)18-8-10(7-17)13(14,15)16/h3-6,9-10,18H,8H2,1-2H3. The van der Waals surface area contributed by atoms with Gasteiger partial charge in [-0.15, -0.1) is 0 Å². The minimum Gasteiger partial charge on any atom is -0.491 e. The topological polar surface area (TPSA) is 45.0 Å². The van der Waals surface area contributed by atoms with E-state index in [1.54, 1.807) is 24.3 Å². The number of anilines is 1. The van der Waals surface area contributed by atoms with Gasteiger partial charge in [0.25, 0.3) is 0 Å². The first-order valence-electron chi connectivity index (χ1n) is 5.80. The third kappa shape index (κ3) is 5.08. The average molecular weight is 272 g/mol. The van der Waals surface area contributed by atoms with Gasteiger partial charge in [-0.1, -0.05) is 0 Å². The summed E-state index contributed by atoms with van der Waals surface area (Å²) in [5.41, 5.74) is 0.514. The zero-order valence-corrected chi connectivity index (χ0v) is 10.7. The Bertz CT molecular complexity index is 435. The number of ether oxygens (including phenoxy) is 1. The van der Waals surface area contributed by atoms with Crippen LogP contribution in [-0.4, -0.2) is 18.8 Å². The van der Waals surface area contributed by atoms with Crippen LogP contribution >= 0.6 is 0 Å². The molecular weight excluding hydrogens is 257 g/mol. The first-order chi connectivity index (χ1) is 8.82. The van der Waals surface area contributed by atoms with Crippen LogP contribution < -0.4 is 10.1 Å². The monoisotopic (exact) mass is 272 g/mol. The Morgan fingerprint density at radius 2 is 1.84 bits per heavy atom. The van der Waals surface area contributed by atoms with Gasteiger partial charge in [-0.2, -0.15) is 18.4 Å². The second-order valence-electron chi connectivity index (χ2n) is 4.30. The minimum atomic E-state index is -4.51. The number of halogens is 3. The third-order valence-electron chi connectivity index (χ3n) is 2.29. The molecule has 0 amide bonds. The van der Waals surface area contributed by atoms with Crippen molar-refractivity contribution in [1.29, 1.82) is 5.26 Å². The average Bonchev–Trinajstić information content (AvgIpc) is 2.29. The zero-order valence-electron chi connectivity index (χ0n) is 10.7. The first kappa shape index (κ1) is 15.2. The van der Waals surface area contributed by atoms with Crippen molar-refractivity contribution in [2.75, 3.05) is 11.9 Å². The number of alkyl halides is 3. The molecule has 0 saturated carbocycles. The molecule has 0 fully saturated rings. The summed E-state index contributed by atoms with van der Waals surface area (Å²) in [5.74, 6) is -1.37. The molecule has 6 heteroatoms. The molecular formula is C13H15F3N2O. The van der Waals surface area contributed by atoms with Crippen molar-refractivity contribution in [2.24, 2.45) is 5.92 Å². The van der Waals surface area contributed by atoms with Gasteiger partial charge in [0.15, 0.2) is 5.92 Å². The fourth-order valence-electron chi connectivity index (χ4n) is 1.38. The molecule has 0 bridgehead atoms. The second-order valence-corrected chi connectivity index (χ2v) is 4.30. The van der Waals surface area contributed by atoms with Crippen molar-refractivity contribution in [2.45, 2.75) is 26.1 Å². The van der Waals surface area contributed by atoms with E-state index in [9.17, 15) is 13.2 Å². The molecule has 1 atom stereocenters. The van der Waals surface area contributed by atoms with E-state index >= 15 is 0 Å². The van der Waals surface area contributed by atoms with E-state index in [0.29, 0.717) is 11.4 Å². The summed E-state index contributed by atoms with van der Waals surface area (Å²) < 4.78 is 42.5. The number of nitrogens with zero attached hydrogens (tertiary/aromatic N) is 1. The summed E-state index contributed by atoms with van der Waals surface area (Å²) in [6.07, 6.45) is -4.48. The lowest BCUT2D eigenvalue weighted by Gasteiger charge is -2.15. The molecule has 0 radical (unpaired) electrons. The molecule has 0 heterocycles. The maximum atomic E-state index is 12.3. The summed E-state index contributed by atoms with van der Waals surface area (Å²) in [4.78, 5) is 0. The van der Waals surface area contributed by atoms with Gasteiger partial charge >= 0.3 is 6.18 Å². The largest absolute Gasteiger partial charge is 0.491 e. The highest BCUT2D eigenvalue weighted by Crippen LogP contribution is 2.26. The van der Waals surface area contributed by atoms with E-state index in [0.717, 1.165) is 0 Å². The Morgan fingerprint density at radius 3 is 2.26 bits per heavy atom. The number of benzene rings is 1. The van der Waals surface area contributed by atoms with Crippen molar-refractivity contribution < 1.29 is 17.9 Å². The normalized spacial score (nSPS) is 12.9. The summed E-state index contributed by atoms with van der Waals surface area (Å²) in [6.45, 7) is 3.30. The molecule has 19 heavy (non-hydrogen) atoms. The Hall–Kier alpha value is -1.90. The van der Waals surface area contributed by atoms with E-state index in [1.807, 2.05) is 13.8 Å². The number of hydrogen-bond acceptors (Lipinski definition) is 3. The molecule has 1 unspecified atom stereocenters. The number of hydrogen-bond donors (Lipinski definition) is 1. The molecule has 1 rings (SSSR count). The minimum absolute atomic E-state index is 0.0343. The van der Waals surface area contributed by atoms with E-state index < -0.39 is 18.6 Å². The summed E-state index contributed by atoms with van der Waals surface area (Å²) in [7, 11) is 0. The molecule has 0 saturated heterocycles. The fraction of sp³-hybridized carbons (Fsp3) is 0.462. The summed E-state index contributed by atoms with van der Waals surface area (Å²) in [6, 6.07) is 7.79. The molecule has 1 aromatic rings. The smallest absolute Gasteiger partial charge is 0.406 e. The van der Waals surface area contributed by atoms with E-state index in [1.165, 1.54) is 6.07 Å². The lowest BCUT2D eigenvalue weighted by Crippen LogP contribution is -2.28. The maximum Gasteiger partial charge on any atom is 0.406 e. The van der Waals surface area contributed by atoms with Crippen LogP contribution in [0.4, 0.5) is 18.9 Å². The van der Waals surface area contributed by atoms with Gasteiger partial charge in [0.1, 0.15) is 5.75 Å². The molecule has 0 aromatic heterocycles. The maximum absolute atomic E-state index is 12.3.